The van der Waals surface area contributed by atoms with Gasteiger partial charge in [0.05, 0.1) is 11.9 Å². The van der Waals surface area contributed by atoms with Crippen LogP contribution in [0.4, 0.5) is 0 Å². The molecule has 0 aliphatic rings. The number of rotatable bonds is 5. The molecule has 1 unspecified atom stereocenters. The van der Waals surface area contributed by atoms with Gasteiger partial charge in [0.15, 0.2) is 0 Å². The van der Waals surface area contributed by atoms with Crippen molar-refractivity contribution >= 4 is 11.3 Å². The van der Waals surface area contributed by atoms with E-state index in [1.165, 1.54) is 0 Å². The Balaban J connectivity index is 2.10. The number of aromatic nitrogens is 3. The van der Waals surface area contributed by atoms with Crippen LogP contribution >= 0.6 is 11.3 Å². The minimum atomic E-state index is 0.316. The van der Waals surface area contributed by atoms with Gasteiger partial charge in [-0.3, -0.25) is 4.68 Å². The lowest BCUT2D eigenvalue weighted by Gasteiger charge is -2.09. The molecule has 0 aliphatic heterocycles. The lowest BCUT2D eigenvalue weighted by molar-refractivity contribution is 0.561. The Morgan fingerprint density at radius 3 is 3.00 bits per heavy atom. The summed E-state index contributed by atoms with van der Waals surface area (Å²) in [5.74, 6) is 0. The van der Waals surface area contributed by atoms with Gasteiger partial charge in [-0.05, 0) is 19.9 Å². The molecule has 1 N–H and O–H groups in total. The normalized spacial score (nSPS) is 12.9. The monoisotopic (exact) mass is 250 g/mol. The highest BCUT2D eigenvalue weighted by Crippen LogP contribution is 2.25. The number of hydrogen-bond donors (Lipinski definition) is 1. The number of aryl methyl sites for hydroxylation is 1. The van der Waals surface area contributed by atoms with E-state index in [1.807, 2.05) is 19.4 Å². The number of thiazole rings is 1. The van der Waals surface area contributed by atoms with Gasteiger partial charge in [-0.15, -0.1) is 11.3 Å². The molecular formula is C12H18N4S. The lowest BCUT2D eigenvalue weighted by Crippen LogP contribution is -2.19. The van der Waals surface area contributed by atoms with Gasteiger partial charge in [-0.2, -0.15) is 5.10 Å². The highest BCUT2D eigenvalue weighted by Gasteiger charge is 2.11. The summed E-state index contributed by atoms with van der Waals surface area (Å²) in [6, 6.07) is 0.316. The SMILES string of the molecule is CCCNC(C)c1csc(-c2cnn(C)c2)n1. The van der Waals surface area contributed by atoms with Gasteiger partial charge in [-0.25, -0.2) is 4.98 Å². The van der Waals surface area contributed by atoms with E-state index in [9.17, 15) is 0 Å². The van der Waals surface area contributed by atoms with E-state index in [0.717, 1.165) is 29.2 Å². The van der Waals surface area contributed by atoms with Crippen molar-refractivity contribution in [2.24, 2.45) is 7.05 Å². The molecule has 2 heterocycles. The molecule has 0 saturated carbocycles. The van der Waals surface area contributed by atoms with Crippen molar-refractivity contribution in [1.29, 1.82) is 0 Å². The van der Waals surface area contributed by atoms with Crippen LogP contribution in [-0.2, 0) is 7.05 Å². The molecule has 0 bridgehead atoms. The Bertz CT molecular complexity index is 474. The lowest BCUT2D eigenvalue weighted by atomic mass is 10.2. The Labute approximate surface area is 106 Å². The maximum atomic E-state index is 4.65. The number of nitrogens with zero attached hydrogens (tertiary/aromatic N) is 3. The molecule has 0 saturated heterocycles. The van der Waals surface area contributed by atoms with Crippen LogP contribution in [0.15, 0.2) is 17.8 Å². The molecule has 0 aliphatic carbocycles. The van der Waals surface area contributed by atoms with E-state index >= 15 is 0 Å². The first-order valence-electron chi connectivity index (χ1n) is 5.88. The van der Waals surface area contributed by atoms with E-state index < -0.39 is 0 Å². The standard InChI is InChI=1S/C12H18N4S/c1-4-5-13-9(2)11-8-17-12(15-11)10-6-14-16(3)7-10/h6-9,13H,4-5H2,1-3H3. The fraction of sp³-hybridized carbons (Fsp3) is 0.500. The second-order valence-electron chi connectivity index (χ2n) is 4.16. The van der Waals surface area contributed by atoms with E-state index in [0.29, 0.717) is 6.04 Å². The van der Waals surface area contributed by atoms with Crippen molar-refractivity contribution in [2.75, 3.05) is 6.54 Å². The van der Waals surface area contributed by atoms with Crippen molar-refractivity contribution in [1.82, 2.24) is 20.1 Å². The summed E-state index contributed by atoms with van der Waals surface area (Å²) in [6.07, 6.45) is 4.99. The maximum Gasteiger partial charge on any atom is 0.126 e. The third-order valence-electron chi connectivity index (χ3n) is 2.62. The quantitative estimate of drug-likeness (QED) is 0.887. The smallest absolute Gasteiger partial charge is 0.126 e. The molecule has 5 heteroatoms. The summed E-state index contributed by atoms with van der Waals surface area (Å²) in [6.45, 7) is 5.35. The van der Waals surface area contributed by atoms with Crippen molar-refractivity contribution < 1.29 is 0 Å². The van der Waals surface area contributed by atoms with Crippen LogP contribution in [0, 0.1) is 0 Å². The first-order chi connectivity index (χ1) is 8.20. The molecule has 2 aromatic rings. The fourth-order valence-electron chi connectivity index (χ4n) is 1.61. The minimum absolute atomic E-state index is 0.316. The second-order valence-corrected chi connectivity index (χ2v) is 5.01. The van der Waals surface area contributed by atoms with E-state index in [-0.39, 0.29) is 0 Å². The van der Waals surface area contributed by atoms with Crippen molar-refractivity contribution in [3.63, 3.8) is 0 Å². The summed E-state index contributed by atoms with van der Waals surface area (Å²) >= 11 is 1.67. The third kappa shape index (κ3) is 2.92. The molecule has 0 fully saturated rings. The first kappa shape index (κ1) is 12.3. The van der Waals surface area contributed by atoms with Crippen molar-refractivity contribution in [3.8, 4) is 10.6 Å². The molecule has 2 rings (SSSR count). The minimum Gasteiger partial charge on any atom is -0.309 e. The Kier molecular flexibility index (Phi) is 3.91. The van der Waals surface area contributed by atoms with Crippen LogP contribution in [-0.4, -0.2) is 21.3 Å². The molecular weight excluding hydrogens is 232 g/mol. The predicted molar refractivity (Wildman–Crippen MR) is 71.0 cm³/mol. The largest absolute Gasteiger partial charge is 0.309 e. The van der Waals surface area contributed by atoms with Gasteiger partial charge in [0.1, 0.15) is 5.01 Å². The first-order valence-corrected chi connectivity index (χ1v) is 6.76. The highest BCUT2D eigenvalue weighted by atomic mass is 32.1. The van der Waals surface area contributed by atoms with Gasteiger partial charge in [0, 0.05) is 30.2 Å². The molecule has 17 heavy (non-hydrogen) atoms. The van der Waals surface area contributed by atoms with Crippen LogP contribution in [0.3, 0.4) is 0 Å². The van der Waals surface area contributed by atoms with E-state index in [2.05, 4.69) is 34.6 Å². The molecule has 4 nitrogen and oxygen atoms in total. The molecule has 0 amide bonds. The summed E-state index contributed by atoms with van der Waals surface area (Å²) in [7, 11) is 1.92. The average molecular weight is 250 g/mol. The average Bonchev–Trinajstić information content (AvgIpc) is 2.93. The molecule has 0 spiro atoms. The van der Waals surface area contributed by atoms with Gasteiger partial charge in [0.2, 0.25) is 0 Å². The summed E-state index contributed by atoms with van der Waals surface area (Å²) in [4.78, 5) is 4.65. The summed E-state index contributed by atoms with van der Waals surface area (Å²) < 4.78 is 1.80. The Hall–Kier alpha value is -1.20. The number of nitrogens with one attached hydrogen (secondary N) is 1. The number of hydrogen-bond acceptors (Lipinski definition) is 4. The highest BCUT2D eigenvalue weighted by molar-refractivity contribution is 7.13. The zero-order chi connectivity index (χ0) is 12.3. The summed E-state index contributed by atoms with van der Waals surface area (Å²) in [5.41, 5.74) is 2.20. The van der Waals surface area contributed by atoms with Crippen LogP contribution in [0.2, 0.25) is 0 Å². The molecule has 0 radical (unpaired) electrons. The van der Waals surface area contributed by atoms with Crippen LogP contribution in [0.1, 0.15) is 32.0 Å². The van der Waals surface area contributed by atoms with Gasteiger partial charge in [-0.1, -0.05) is 6.92 Å². The topological polar surface area (TPSA) is 42.7 Å². The van der Waals surface area contributed by atoms with E-state index in [4.69, 9.17) is 0 Å². The van der Waals surface area contributed by atoms with Gasteiger partial charge < -0.3 is 5.32 Å². The Morgan fingerprint density at radius 2 is 2.35 bits per heavy atom. The van der Waals surface area contributed by atoms with Gasteiger partial charge in [0.25, 0.3) is 0 Å². The molecule has 1 atom stereocenters. The molecule has 2 aromatic heterocycles. The molecule has 0 aromatic carbocycles. The third-order valence-corrected chi connectivity index (χ3v) is 3.53. The molecule has 92 valence electrons. The van der Waals surface area contributed by atoms with Crippen LogP contribution < -0.4 is 5.32 Å². The van der Waals surface area contributed by atoms with Crippen LogP contribution in [0.5, 0.6) is 0 Å². The van der Waals surface area contributed by atoms with E-state index in [1.54, 1.807) is 16.0 Å². The second kappa shape index (κ2) is 5.42. The van der Waals surface area contributed by atoms with Crippen molar-refractivity contribution in [3.05, 3.63) is 23.5 Å². The fourth-order valence-corrected chi connectivity index (χ4v) is 2.50. The zero-order valence-electron chi connectivity index (χ0n) is 10.5. The zero-order valence-corrected chi connectivity index (χ0v) is 11.3. The Morgan fingerprint density at radius 1 is 1.53 bits per heavy atom. The van der Waals surface area contributed by atoms with Crippen LogP contribution in [0.25, 0.3) is 10.6 Å². The predicted octanol–water partition coefficient (Wildman–Crippen LogP) is 2.60. The summed E-state index contributed by atoms with van der Waals surface area (Å²) in [5, 5.41) is 10.8. The maximum absolute atomic E-state index is 4.65. The van der Waals surface area contributed by atoms with Crippen molar-refractivity contribution in [2.45, 2.75) is 26.3 Å². The van der Waals surface area contributed by atoms with Gasteiger partial charge >= 0.3 is 0 Å².